The summed E-state index contributed by atoms with van der Waals surface area (Å²) in [6.45, 7) is 1.78. The minimum Gasteiger partial charge on any atom is -0.497 e. The van der Waals surface area contributed by atoms with Crippen molar-refractivity contribution in [2.45, 2.75) is 6.92 Å². The molecule has 0 atom stereocenters. The molecule has 1 amide bonds. The highest BCUT2D eigenvalue weighted by atomic mass is 32.2. The summed E-state index contributed by atoms with van der Waals surface area (Å²) >= 11 is 6.59. The van der Waals surface area contributed by atoms with Gasteiger partial charge in [-0.3, -0.25) is 19.8 Å². The molecule has 156 valence electrons. The van der Waals surface area contributed by atoms with Gasteiger partial charge in [0.15, 0.2) is 4.32 Å². The lowest BCUT2D eigenvalue weighted by Gasteiger charge is -2.14. The third-order valence-corrected chi connectivity index (χ3v) is 6.01. The Balaban J connectivity index is 1.58. The molecule has 0 aliphatic carbocycles. The Bertz CT molecular complexity index is 1230. The molecule has 1 aliphatic rings. The fourth-order valence-corrected chi connectivity index (χ4v) is 4.44. The molecular formula is C22H16N2O5S2. The van der Waals surface area contributed by atoms with E-state index in [2.05, 4.69) is 0 Å². The molecule has 4 rings (SSSR count). The number of hydrogen-bond donors (Lipinski definition) is 0. The van der Waals surface area contributed by atoms with E-state index in [1.54, 1.807) is 62.6 Å². The zero-order chi connectivity index (χ0) is 22.1. The summed E-state index contributed by atoms with van der Waals surface area (Å²) in [5, 5.41) is 10.9. The third kappa shape index (κ3) is 4.10. The molecule has 0 saturated carbocycles. The molecule has 3 aromatic rings. The number of non-ortho nitro benzene ring substituents is 1. The molecule has 0 radical (unpaired) electrons. The molecule has 0 unspecified atom stereocenters. The average Bonchev–Trinajstić information content (AvgIpc) is 3.32. The summed E-state index contributed by atoms with van der Waals surface area (Å²) in [5.41, 5.74) is 2.15. The van der Waals surface area contributed by atoms with Crippen LogP contribution < -0.4 is 9.64 Å². The number of nitrogens with zero attached hydrogens (tertiary/aromatic N) is 2. The first-order valence-electron chi connectivity index (χ1n) is 9.14. The molecule has 31 heavy (non-hydrogen) atoms. The van der Waals surface area contributed by atoms with Crippen LogP contribution in [0.1, 0.15) is 11.3 Å². The molecule has 1 aromatic heterocycles. The highest BCUT2D eigenvalue weighted by molar-refractivity contribution is 8.27. The van der Waals surface area contributed by atoms with Gasteiger partial charge in [0.1, 0.15) is 17.3 Å². The van der Waals surface area contributed by atoms with Crippen LogP contribution in [0.4, 0.5) is 11.4 Å². The van der Waals surface area contributed by atoms with Crippen LogP contribution in [0.5, 0.6) is 5.75 Å². The van der Waals surface area contributed by atoms with Crippen LogP contribution in [-0.2, 0) is 4.79 Å². The third-order valence-electron chi connectivity index (χ3n) is 4.71. The molecule has 2 aromatic carbocycles. The molecular weight excluding hydrogens is 436 g/mol. The Morgan fingerprint density at radius 1 is 1.16 bits per heavy atom. The second-order valence-corrected chi connectivity index (χ2v) is 8.35. The number of aryl methyl sites for hydroxylation is 1. The maximum atomic E-state index is 12.9. The van der Waals surface area contributed by atoms with Gasteiger partial charge in [-0.05, 0) is 55.0 Å². The van der Waals surface area contributed by atoms with Gasteiger partial charge in [-0.25, -0.2) is 0 Å². The van der Waals surface area contributed by atoms with E-state index < -0.39 is 4.92 Å². The lowest BCUT2D eigenvalue weighted by Crippen LogP contribution is -2.27. The van der Waals surface area contributed by atoms with Crippen molar-refractivity contribution in [3.63, 3.8) is 0 Å². The summed E-state index contributed by atoms with van der Waals surface area (Å²) in [4.78, 5) is 25.3. The molecule has 0 bridgehead atoms. The highest BCUT2D eigenvalue weighted by Crippen LogP contribution is 2.37. The van der Waals surface area contributed by atoms with Gasteiger partial charge in [0.05, 0.1) is 22.6 Å². The Morgan fingerprint density at radius 2 is 1.90 bits per heavy atom. The van der Waals surface area contributed by atoms with Crippen molar-refractivity contribution in [2.24, 2.45) is 0 Å². The van der Waals surface area contributed by atoms with Crippen LogP contribution in [0.15, 0.2) is 63.9 Å². The quantitative estimate of drug-likeness (QED) is 0.216. The number of hydrogen-bond acceptors (Lipinski definition) is 7. The van der Waals surface area contributed by atoms with Crippen LogP contribution >= 0.6 is 24.0 Å². The molecule has 1 fully saturated rings. The Hall–Kier alpha value is -3.43. The maximum Gasteiger partial charge on any atom is 0.270 e. The molecule has 7 nitrogen and oxygen atoms in total. The number of amides is 1. The minimum absolute atomic E-state index is 0.0234. The van der Waals surface area contributed by atoms with Gasteiger partial charge in [-0.2, -0.15) is 0 Å². The molecule has 1 saturated heterocycles. The van der Waals surface area contributed by atoms with Crippen molar-refractivity contribution >= 4 is 51.7 Å². The normalized spacial score (nSPS) is 15.0. The summed E-state index contributed by atoms with van der Waals surface area (Å²) in [5.74, 6) is 1.51. The number of thioether (sulfide) groups is 1. The number of furan rings is 1. The van der Waals surface area contributed by atoms with Crippen LogP contribution in [0.3, 0.4) is 0 Å². The molecule has 0 N–H and O–H groups in total. The van der Waals surface area contributed by atoms with Gasteiger partial charge < -0.3 is 9.15 Å². The number of ether oxygens (including phenoxy) is 1. The highest BCUT2D eigenvalue weighted by Gasteiger charge is 2.33. The number of carbonyl (C=O) groups excluding carboxylic acids is 1. The average molecular weight is 453 g/mol. The number of benzene rings is 2. The van der Waals surface area contributed by atoms with Crippen molar-refractivity contribution in [3.05, 3.63) is 80.9 Å². The van der Waals surface area contributed by atoms with Crippen molar-refractivity contribution in [1.82, 2.24) is 0 Å². The maximum absolute atomic E-state index is 12.9. The van der Waals surface area contributed by atoms with Crippen molar-refractivity contribution in [3.8, 4) is 17.1 Å². The fourth-order valence-electron chi connectivity index (χ4n) is 3.16. The number of nitro benzene ring substituents is 1. The number of methoxy groups -OCH3 is 1. The lowest BCUT2D eigenvalue weighted by atomic mass is 10.1. The number of thiocarbonyl (C=S) groups is 1. The molecule has 1 aliphatic heterocycles. The monoisotopic (exact) mass is 452 g/mol. The van der Waals surface area contributed by atoms with Crippen LogP contribution in [0.25, 0.3) is 17.4 Å². The predicted octanol–water partition coefficient (Wildman–Crippen LogP) is 5.58. The largest absolute Gasteiger partial charge is 0.497 e. The Kier molecular flexibility index (Phi) is 5.62. The summed E-state index contributed by atoms with van der Waals surface area (Å²) in [6, 6.07) is 15.2. The van der Waals surface area contributed by atoms with Gasteiger partial charge in [0.2, 0.25) is 0 Å². The Morgan fingerprint density at radius 3 is 2.55 bits per heavy atom. The first-order valence-corrected chi connectivity index (χ1v) is 10.4. The second-order valence-electron chi connectivity index (χ2n) is 6.67. The van der Waals surface area contributed by atoms with E-state index in [4.69, 9.17) is 21.4 Å². The van der Waals surface area contributed by atoms with Gasteiger partial charge in [-0.1, -0.05) is 24.0 Å². The summed E-state index contributed by atoms with van der Waals surface area (Å²) < 4.78 is 11.5. The molecule has 0 spiro atoms. The van der Waals surface area contributed by atoms with Gasteiger partial charge in [0.25, 0.3) is 11.6 Å². The SMILES string of the molecule is COc1ccc(N2C(=O)/C(=C/c3ccc(-c4ccc([N+](=O)[O-])cc4C)o3)SC2=S)cc1. The number of nitro groups is 1. The van der Waals surface area contributed by atoms with E-state index in [0.29, 0.717) is 32.2 Å². The lowest BCUT2D eigenvalue weighted by molar-refractivity contribution is -0.384. The number of anilines is 1. The van der Waals surface area contributed by atoms with Crippen molar-refractivity contribution < 1.29 is 18.9 Å². The summed E-state index contributed by atoms with van der Waals surface area (Å²) in [6.07, 6.45) is 1.65. The second kappa shape index (κ2) is 8.37. The van der Waals surface area contributed by atoms with Gasteiger partial charge in [-0.15, -0.1) is 0 Å². The van der Waals surface area contributed by atoms with Crippen LogP contribution in [-0.4, -0.2) is 22.3 Å². The van der Waals surface area contributed by atoms with Gasteiger partial charge in [0, 0.05) is 23.8 Å². The number of carbonyl (C=O) groups is 1. The van der Waals surface area contributed by atoms with E-state index in [1.165, 1.54) is 28.8 Å². The van der Waals surface area contributed by atoms with E-state index in [1.807, 2.05) is 0 Å². The zero-order valence-corrected chi connectivity index (χ0v) is 18.2. The van der Waals surface area contributed by atoms with Crippen LogP contribution in [0.2, 0.25) is 0 Å². The topological polar surface area (TPSA) is 85.8 Å². The van der Waals surface area contributed by atoms with Crippen molar-refractivity contribution in [1.29, 1.82) is 0 Å². The molecule has 9 heteroatoms. The minimum atomic E-state index is -0.435. The van der Waals surface area contributed by atoms with Gasteiger partial charge >= 0.3 is 0 Å². The standard InChI is InChI=1S/C22H16N2O5S2/c1-13-11-15(24(26)27)5-9-18(13)19-10-8-17(29-19)12-20-21(25)23(22(30)31-20)14-3-6-16(28-2)7-4-14/h3-12H,1-2H3/b20-12-. The summed E-state index contributed by atoms with van der Waals surface area (Å²) in [7, 11) is 1.58. The Labute approximate surface area is 187 Å². The van der Waals surface area contributed by atoms with E-state index >= 15 is 0 Å². The zero-order valence-electron chi connectivity index (χ0n) is 16.5. The predicted molar refractivity (Wildman–Crippen MR) is 124 cm³/mol. The van der Waals surface area contributed by atoms with E-state index in [9.17, 15) is 14.9 Å². The molecule has 2 heterocycles. The number of rotatable bonds is 5. The van der Waals surface area contributed by atoms with Crippen molar-refractivity contribution in [2.75, 3.05) is 12.0 Å². The smallest absolute Gasteiger partial charge is 0.270 e. The first-order chi connectivity index (χ1) is 14.9. The first kappa shape index (κ1) is 20.8. The van der Waals surface area contributed by atoms with E-state index in [-0.39, 0.29) is 11.6 Å². The van der Waals surface area contributed by atoms with E-state index in [0.717, 1.165) is 11.1 Å². The van der Waals surface area contributed by atoms with Crippen LogP contribution in [0, 0.1) is 17.0 Å². The fraction of sp³-hybridized carbons (Fsp3) is 0.0909.